The third-order valence-electron chi connectivity index (χ3n) is 6.86. The van der Waals surface area contributed by atoms with Crippen molar-refractivity contribution in [1.82, 2.24) is 9.47 Å². The number of carboxylic acids is 1. The van der Waals surface area contributed by atoms with E-state index in [9.17, 15) is 14.7 Å². The Bertz CT molecular complexity index is 1850. The number of amides is 1. The van der Waals surface area contributed by atoms with Crippen LogP contribution in [0.1, 0.15) is 15.9 Å². The van der Waals surface area contributed by atoms with Gasteiger partial charge in [-0.05, 0) is 83.6 Å². The lowest BCUT2D eigenvalue weighted by molar-refractivity contribution is -0.121. The molecule has 5 aromatic rings. The van der Waals surface area contributed by atoms with Crippen LogP contribution in [0, 0.1) is 0 Å². The van der Waals surface area contributed by atoms with E-state index in [1.54, 1.807) is 19.2 Å². The molecule has 6 nitrogen and oxygen atoms in total. The Labute approximate surface area is 255 Å². The smallest absolute Gasteiger partial charge is 0.335 e. The van der Waals surface area contributed by atoms with Crippen LogP contribution < -0.4 is 0 Å². The highest BCUT2D eigenvalue weighted by Gasteiger charge is 2.31. The number of hydrogen-bond donors (Lipinski definition) is 1. The summed E-state index contributed by atoms with van der Waals surface area (Å²) in [4.78, 5) is 31.3. The standard InChI is InChI=1S/C34H24BrN3O3S/c1-37-32(39)30(42-34(37)36-27-16-12-24(13-17-27)33(40)41)21-25-20-29(22-8-4-2-5-9-22)38(28-18-14-26(35)15-19-28)31(25)23-10-6-3-7-11-23/h2-21H,1H3,(H,40,41)/b30-21-,36-34?. The SMILES string of the molecule is CN1C(=O)/C(=C/c2cc(-c3ccccc3)n(-c3ccc(Br)cc3)c2-c2ccccc2)SC1=Nc1ccc(C(=O)O)cc1. The van der Waals surface area contributed by atoms with E-state index in [0.29, 0.717) is 15.8 Å². The summed E-state index contributed by atoms with van der Waals surface area (Å²) in [5.41, 5.74) is 6.69. The number of benzene rings is 4. The molecule has 1 fully saturated rings. The number of amidine groups is 1. The summed E-state index contributed by atoms with van der Waals surface area (Å²) in [5.74, 6) is -1.15. The predicted octanol–water partition coefficient (Wildman–Crippen LogP) is 8.51. The number of likely N-dealkylation sites (N-methyl/N-ethyl adjacent to an activating group) is 1. The lowest BCUT2D eigenvalue weighted by Crippen LogP contribution is -2.23. The number of aliphatic imine (C=N–C) groups is 1. The first kappa shape index (κ1) is 27.5. The molecule has 1 aliphatic heterocycles. The molecule has 0 bridgehead atoms. The fraction of sp³-hybridized carbons (Fsp3) is 0.0294. The van der Waals surface area contributed by atoms with Gasteiger partial charge in [-0.2, -0.15) is 0 Å². The van der Waals surface area contributed by atoms with Gasteiger partial charge in [-0.1, -0.05) is 76.6 Å². The topological polar surface area (TPSA) is 74.9 Å². The zero-order valence-corrected chi connectivity index (χ0v) is 24.8. The van der Waals surface area contributed by atoms with Crippen molar-refractivity contribution in [1.29, 1.82) is 0 Å². The molecule has 0 atom stereocenters. The summed E-state index contributed by atoms with van der Waals surface area (Å²) in [5, 5.41) is 9.71. The average molecular weight is 635 g/mol. The zero-order chi connectivity index (χ0) is 29.2. The molecule has 0 unspecified atom stereocenters. The van der Waals surface area contributed by atoms with E-state index in [0.717, 1.165) is 38.2 Å². The molecule has 6 rings (SSSR count). The number of carboxylic acid groups (broad SMARTS) is 1. The van der Waals surface area contributed by atoms with Gasteiger partial charge in [-0.15, -0.1) is 0 Å². The minimum Gasteiger partial charge on any atom is -0.478 e. The van der Waals surface area contributed by atoms with Gasteiger partial charge in [0.1, 0.15) is 0 Å². The van der Waals surface area contributed by atoms with Crippen molar-refractivity contribution in [3.05, 3.63) is 136 Å². The van der Waals surface area contributed by atoms with Crippen LogP contribution in [0.15, 0.2) is 130 Å². The van der Waals surface area contributed by atoms with Crippen LogP contribution in [0.2, 0.25) is 0 Å². The summed E-state index contributed by atoms with van der Waals surface area (Å²) in [6.07, 6.45) is 1.93. The number of hydrogen-bond acceptors (Lipinski definition) is 4. The Morgan fingerprint density at radius 3 is 2.10 bits per heavy atom. The van der Waals surface area contributed by atoms with Gasteiger partial charge >= 0.3 is 5.97 Å². The number of halogens is 1. The maximum Gasteiger partial charge on any atom is 0.335 e. The van der Waals surface area contributed by atoms with Gasteiger partial charge < -0.3 is 9.67 Å². The minimum atomic E-state index is -0.999. The molecular formula is C34H24BrN3O3S. The van der Waals surface area contributed by atoms with E-state index >= 15 is 0 Å². The van der Waals surface area contributed by atoms with Crippen molar-refractivity contribution < 1.29 is 14.7 Å². The van der Waals surface area contributed by atoms with Crippen molar-refractivity contribution in [2.45, 2.75) is 0 Å². The second-order valence-corrected chi connectivity index (χ2v) is 11.5. The largest absolute Gasteiger partial charge is 0.478 e. The number of rotatable bonds is 6. The number of aromatic carboxylic acids is 1. The van der Waals surface area contributed by atoms with E-state index in [4.69, 9.17) is 0 Å². The van der Waals surface area contributed by atoms with Gasteiger partial charge in [-0.3, -0.25) is 9.69 Å². The van der Waals surface area contributed by atoms with E-state index in [1.165, 1.54) is 28.8 Å². The van der Waals surface area contributed by atoms with Crippen molar-refractivity contribution in [2.75, 3.05) is 7.05 Å². The Morgan fingerprint density at radius 1 is 0.857 bits per heavy atom. The maximum absolute atomic E-state index is 13.4. The minimum absolute atomic E-state index is 0.155. The molecule has 0 saturated carbocycles. The summed E-state index contributed by atoms with van der Waals surface area (Å²) in [7, 11) is 1.70. The monoisotopic (exact) mass is 633 g/mol. The van der Waals surface area contributed by atoms with Crippen molar-refractivity contribution in [2.24, 2.45) is 4.99 Å². The van der Waals surface area contributed by atoms with Crippen LogP contribution in [0.3, 0.4) is 0 Å². The van der Waals surface area contributed by atoms with Gasteiger partial charge in [0.15, 0.2) is 5.17 Å². The summed E-state index contributed by atoms with van der Waals surface area (Å²) < 4.78 is 3.22. The van der Waals surface area contributed by atoms with Crippen LogP contribution in [0.5, 0.6) is 0 Å². The van der Waals surface area contributed by atoms with E-state index in [2.05, 4.69) is 68.0 Å². The van der Waals surface area contributed by atoms with E-state index in [-0.39, 0.29) is 11.5 Å². The molecule has 206 valence electrons. The fourth-order valence-electron chi connectivity index (χ4n) is 4.79. The van der Waals surface area contributed by atoms with Gasteiger partial charge in [0.25, 0.3) is 5.91 Å². The summed E-state index contributed by atoms with van der Waals surface area (Å²) in [6, 6.07) is 36.9. The second-order valence-electron chi connectivity index (χ2n) is 9.60. The lowest BCUT2D eigenvalue weighted by Gasteiger charge is -2.15. The van der Waals surface area contributed by atoms with Crippen LogP contribution in [0.4, 0.5) is 5.69 Å². The zero-order valence-electron chi connectivity index (χ0n) is 22.4. The van der Waals surface area contributed by atoms with Crippen molar-refractivity contribution >= 4 is 56.5 Å². The molecule has 8 heteroatoms. The number of thioether (sulfide) groups is 1. The first-order chi connectivity index (χ1) is 20.4. The van der Waals surface area contributed by atoms with Crippen LogP contribution in [-0.2, 0) is 4.79 Å². The number of carbonyl (C=O) groups is 2. The molecule has 1 saturated heterocycles. The molecule has 1 amide bonds. The van der Waals surface area contributed by atoms with Gasteiger partial charge in [0, 0.05) is 22.8 Å². The number of carbonyl (C=O) groups excluding carboxylic acids is 1. The normalized spacial score (nSPS) is 15.1. The molecule has 42 heavy (non-hydrogen) atoms. The van der Waals surface area contributed by atoms with E-state index in [1.807, 2.05) is 54.6 Å². The highest BCUT2D eigenvalue weighted by Crippen LogP contribution is 2.40. The highest BCUT2D eigenvalue weighted by molar-refractivity contribution is 9.10. The quantitative estimate of drug-likeness (QED) is 0.190. The Balaban J connectivity index is 1.50. The Morgan fingerprint density at radius 2 is 1.48 bits per heavy atom. The second kappa shape index (κ2) is 11.7. The van der Waals surface area contributed by atoms with Crippen molar-refractivity contribution in [3.63, 3.8) is 0 Å². The molecule has 2 heterocycles. The molecule has 4 aromatic carbocycles. The Hall–Kier alpha value is -4.66. The van der Waals surface area contributed by atoms with Crippen LogP contribution in [-0.4, -0.2) is 38.7 Å². The maximum atomic E-state index is 13.4. The number of nitrogens with zero attached hydrogens (tertiary/aromatic N) is 3. The summed E-state index contributed by atoms with van der Waals surface area (Å²) in [6.45, 7) is 0. The van der Waals surface area contributed by atoms with Gasteiger partial charge in [-0.25, -0.2) is 9.79 Å². The fourth-order valence-corrected chi connectivity index (χ4v) is 6.04. The molecule has 0 spiro atoms. The number of aromatic nitrogens is 1. The first-order valence-electron chi connectivity index (χ1n) is 13.1. The lowest BCUT2D eigenvalue weighted by atomic mass is 10.1. The average Bonchev–Trinajstić information content (AvgIpc) is 3.51. The van der Waals surface area contributed by atoms with Gasteiger partial charge in [0.2, 0.25) is 0 Å². The highest BCUT2D eigenvalue weighted by atomic mass is 79.9. The molecule has 0 aliphatic carbocycles. The Kier molecular flexibility index (Phi) is 7.65. The molecular weight excluding hydrogens is 610 g/mol. The predicted molar refractivity (Wildman–Crippen MR) is 173 cm³/mol. The molecule has 1 aliphatic rings. The first-order valence-corrected chi connectivity index (χ1v) is 14.7. The third-order valence-corrected chi connectivity index (χ3v) is 8.45. The van der Waals surface area contributed by atoms with Crippen LogP contribution >= 0.6 is 27.7 Å². The molecule has 1 aromatic heterocycles. The van der Waals surface area contributed by atoms with Gasteiger partial charge in [0.05, 0.1) is 27.5 Å². The molecule has 0 radical (unpaired) electrons. The van der Waals surface area contributed by atoms with Crippen molar-refractivity contribution in [3.8, 4) is 28.2 Å². The van der Waals surface area contributed by atoms with E-state index < -0.39 is 5.97 Å². The third kappa shape index (κ3) is 5.46. The molecule has 1 N–H and O–H groups in total. The summed E-state index contributed by atoms with van der Waals surface area (Å²) >= 11 is 4.85. The van der Waals surface area contributed by atoms with Crippen LogP contribution in [0.25, 0.3) is 34.3 Å².